The second-order valence-electron chi connectivity index (χ2n) is 6.57. The summed E-state index contributed by atoms with van der Waals surface area (Å²) in [6.45, 7) is 5.18. The quantitative estimate of drug-likeness (QED) is 0.518. The maximum Gasteiger partial charge on any atom is 0.328 e. The number of rotatable bonds is 6. The lowest BCUT2D eigenvalue weighted by Crippen LogP contribution is -2.37. The van der Waals surface area contributed by atoms with Crippen LogP contribution >= 0.6 is 12.2 Å². The molecule has 162 valence electrons. The van der Waals surface area contributed by atoms with Crippen LogP contribution in [0.1, 0.15) is 31.4 Å². The molecule has 0 spiro atoms. The van der Waals surface area contributed by atoms with Crippen LogP contribution in [0.25, 0.3) is 11.0 Å². The van der Waals surface area contributed by atoms with Crippen molar-refractivity contribution in [3.8, 4) is 0 Å². The summed E-state index contributed by atoms with van der Waals surface area (Å²) in [6, 6.07) is 4.60. The average Bonchev–Trinajstić information content (AvgIpc) is 3.10. The van der Waals surface area contributed by atoms with Gasteiger partial charge in [-0.15, -0.1) is 0 Å². The maximum atomic E-state index is 13.2. The van der Waals surface area contributed by atoms with E-state index in [-0.39, 0.29) is 5.82 Å². The number of piperidine rings is 1. The largest absolute Gasteiger partial charge is 0.486 e. The number of benzene rings is 1. The summed E-state index contributed by atoms with van der Waals surface area (Å²) in [5.41, 5.74) is 1.47. The van der Waals surface area contributed by atoms with E-state index in [1.165, 1.54) is 12.1 Å². The van der Waals surface area contributed by atoms with Crippen LogP contribution in [-0.2, 0) is 14.3 Å². The molecular formula is C20H23FN2O6S. The topological polar surface area (TPSA) is 113 Å². The zero-order valence-electron chi connectivity index (χ0n) is 16.4. The van der Waals surface area contributed by atoms with Gasteiger partial charge >= 0.3 is 11.9 Å². The van der Waals surface area contributed by atoms with Crippen molar-refractivity contribution in [2.75, 3.05) is 26.2 Å². The molecule has 8 nitrogen and oxygen atoms in total. The Morgan fingerprint density at radius 2 is 1.93 bits per heavy atom. The first-order valence-corrected chi connectivity index (χ1v) is 9.77. The molecule has 1 aromatic heterocycles. The molecule has 1 aliphatic heterocycles. The van der Waals surface area contributed by atoms with Gasteiger partial charge in [0.15, 0.2) is 10.6 Å². The van der Waals surface area contributed by atoms with Gasteiger partial charge in [0.25, 0.3) is 0 Å². The highest BCUT2D eigenvalue weighted by molar-refractivity contribution is 7.80. The molecule has 0 amide bonds. The predicted octanol–water partition coefficient (Wildman–Crippen LogP) is 3.22. The Kier molecular flexibility index (Phi) is 8.88. The SMILES string of the molecule is CCOC(=S)CN1CCC(c2noc3cc(F)ccc23)CC1.O=C(O)/C=C/C(=O)O. The number of ether oxygens (including phenoxy) is 1. The van der Waals surface area contributed by atoms with Gasteiger partial charge in [0.2, 0.25) is 0 Å². The lowest BCUT2D eigenvalue weighted by atomic mass is 9.91. The van der Waals surface area contributed by atoms with Crippen molar-refractivity contribution in [2.24, 2.45) is 0 Å². The van der Waals surface area contributed by atoms with E-state index in [0.717, 1.165) is 37.0 Å². The molecule has 0 aliphatic carbocycles. The zero-order chi connectivity index (χ0) is 22.1. The predicted molar refractivity (Wildman–Crippen MR) is 111 cm³/mol. The molecule has 0 bridgehead atoms. The van der Waals surface area contributed by atoms with Crippen LogP contribution in [-0.4, -0.2) is 63.5 Å². The summed E-state index contributed by atoms with van der Waals surface area (Å²) in [4.78, 5) is 21.4. The highest BCUT2D eigenvalue weighted by Crippen LogP contribution is 2.32. The van der Waals surface area contributed by atoms with E-state index in [1.807, 2.05) is 6.92 Å². The van der Waals surface area contributed by atoms with Crippen LogP contribution in [0.4, 0.5) is 4.39 Å². The Labute approximate surface area is 177 Å². The fourth-order valence-corrected chi connectivity index (χ4v) is 3.42. The second-order valence-corrected chi connectivity index (χ2v) is 7.03. The molecule has 0 radical (unpaired) electrons. The van der Waals surface area contributed by atoms with Crippen LogP contribution in [0.3, 0.4) is 0 Å². The molecule has 0 unspecified atom stereocenters. The Morgan fingerprint density at radius 3 is 2.50 bits per heavy atom. The number of aliphatic carboxylic acids is 2. The summed E-state index contributed by atoms with van der Waals surface area (Å²) < 4.78 is 23.8. The van der Waals surface area contributed by atoms with Gasteiger partial charge in [0.05, 0.1) is 18.8 Å². The van der Waals surface area contributed by atoms with Crippen LogP contribution in [0.5, 0.6) is 0 Å². The minimum atomic E-state index is -1.26. The number of hydrogen-bond donors (Lipinski definition) is 2. The maximum absolute atomic E-state index is 13.2. The Bertz CT molecular complexity index is 905. The number of carbonyl (C=O) groups is 2. The first-order chi connectivity index (χ1) is 14.3. The van der Waals surface area contributed by atoms with E-state index in [1.54, 1.807) is 6.07 Å². The Hall–Kier alpha value is -2.85. The van der Waals surface area contributed by atoms with Crippen LogP contribution in [0, 0.1) is 5.82 Å². The minimum absolute atomic E-state index is 0.297. The summed E-state index contributed by atoms with van der Waals surface area (Å²) in [5.74, 6) is -2.46. The number of nitrogens with zero attached hydrogens (tertiary/aromatic N) is 2. The molecule has 1 aromatic carbocycles. The Morgan fingerprint density at radius 1 is 1.30 bits per heavy atom. The standard InChI is InChI=1S/C16H19FN2O2S.C4H4O4/c1-2-20-15(22)10-19-7-5-11(6-8-19)16-13-4-3-12(17)9-14(13)21-18-16;5-3(6)1-2-4(7)8/h3-4,9,11H,2,5-8,10H2,1H3;1-2H,(H,5,6)(H,7,8)/b;2-1+. The van der Waals surface area contributed by atoms with Crippen LogP contribution < -0.4 is 0 Å². The molecule has 1 aliphatic rings. The summed E-state index contributed by atoms with van der Waals surface area (Å²) in [5, 5.41) is 21.4. The number of likely N-dealkylation sites (tertiary alicyclic amines) is 1. The van der Waals surface area contributed by atoms with Crippen LogP contribution in [0.2, 0.25) is 0 Å². The van der Waals surface area contributed by atoms with Gasteiger partial charge in [-0.25, -0.2) is 14.0 Å². The Balaban J connectivity index is 0.000000343. The number of aromatic nitrogens is 1. The number of carboxylic acid groups (broad SMARTS) is 2. The molecule has 2 N–H and O–H groups in total. The van der Waals surface area contributed by atoms with E-state index in [9.17, 15) is 14.0 Å². The highest BCUT2D eigenvalue weighted by atomic mass is 32.1. The van der Waals surface area contributed by atoms with E-state index < -0.39 is 11.9 Å². The fourth-order valence-electron chi connectivity index (χ4n) is 3.12. The molecule has 30 heavy (non-hydrogen) atoms. The van der Waals surface area contributed by atoms with E-state index in [4.69, 9.17) is 31.7 Å². The smallest absolute Gasteiger partial charge is 0.328 e. The molecule has 0 atom stereocenters. The molecule has 1 saturated heterocycles. The lowest BCUT2D eigenvalue weighted by Gasteiger charge is -2.30. The second kappa shape index (κ2) is 11.4. The third kappa shape index (κ3) is 7.20. The van der Waals surface area contributed by atoms with Gasteiger partial charge in [-0.3, -0.25) is 4.90 Å². The van der Waals surface area contributed by atoms with Crippen molar-refractivity contribution in [3.05, 3.63) is 41.9 Å². The molecule has 3 rings (SSSR count). The van der Waals surface area contributed by atoms with Crippen molar-refractivity contribution >= 4 is 40.2 Å². The molecular weight excluding hydrogens is 415 g/mol. The molecule has 10 heteroatoms. The fraction of sp³-hybridized carbons (Fsp3) is 0.400. The highest BCUT2D eigenvalue weighted by Gasteiger charge is 2.25. The van der Waals surface area contributed by atoms with Crippen molar-refractivity contribution in [1.29, 1.82) is 0 Å². The van der Waals surface area contributed by atoms with Gasteiger partial charge in [-0.05, 0) is 57.2 Å². The van der Waals surface area contributed by atoms with Gasteiger partial charge < -0.3 is 19.5 Å². The van der Waals surface area contributed by atoms with Crippen molar-refractivity contribution in [2.45, 2.75) is 25.7 Å². The van der Waals surface area contributed by atoms with Crippen molar-refractivity contribution < 1.29 is 33.5 Å². The van der Waals surface area contributed by atoms with E-state index >= 15 is 0 Å². The summed E-state index contributed by atoms with van der Waals surface area (Å²) in [7, 11) is 0. The number of carboxylic acids is 2. The van der Waals surface area contributed by atoms with E-state index in [0.29, 0.717) is 41.9 Å². The monoisotopic (exact) mass is 438 g/mol. The number of thiocarbonyl (C=S) groups is 1. The van der Waals surface area contributed by atoms with Gasteiger partial charge in [0.1, 0.15) is 5.82 Å². The van der Waals surface area contributed by atoms with Gasteiger partial charge in [-0.1, -0.05) is 5.16 Å². The molecule has 2 heterocycles. The third-order valence-corrected chi connectivity index (χ3v) is 4.71. The van der Waals surface area contributed by atoms with Gasteiger partial charge in [-0.2, -0.15) is 0 Å². The number of fused-ring (bicyclic) bond motifs is 1. The van der Waals surface area contributed by atoms with Crippen LogP contribution in [0.15, 0.2) is 34.9 Å². The molecule has 0 saturated carbocycles. The first kappa shape index (κ1) is 23.4. The first-order valence-electron chi connectivity index (χ1n) is 9.36. The lowest BCUT2D eigenvalue weighted by molar-refractivity contribution is -0.134. The van der Waals surface area contributed by atoms with Gasteiger partial charge in [0, 0.05) is 29.5 Å². The average molecular weight is 438 g/mol. The van der Waals surface area contributed by atoms with Crippen molar-refractivity contribution in [1.82, 2.24) is 10.1 Å². The molecule has 1 fully saturated rings. The number of halogens is 1. The normalized spacial score (nSPS) is 15.0. The number of hydrogen-bond acceptors (Lipinski definition) is 7. The third-order valence-electron chi connectivity index (χ3n) is 4.46. The molecule has 2 aromatic rings. The van der Waals surface area contributed by atoms with E-state index in [2.05, 4.69) is 10.1 Å². The summed E-state index contributed by atoms with van der Waals surface area (Å²) >= 11 is 5.19. The zero-order valence-corrected chi connectivity index (χ0v) is 17.2. The summed E-state index contributed by atoms with van der Waals surface area (Å²) in [6.07, 6.45) is 3.10. The minimum Gasteiger partial charge on any atom is -0.486 e. The van der Waals surface area contributed by atoms with Crippen molar-refractivity contribution in [3.63, 3.8) is 0 Å².